The molecule has 2 nitrogen and oxygen atoms in total. The molecule has 1 heterocycles. The number of likely N-dealkylation sites (tertiary alicyclic amines) is 1. The molecule has 3 unspecified atom stereocenters. The van der Waals surface area contributed by atoms with Gasteiger partial charge in [0.05, 0.1) is 0 Å². The van der Waals surface area contributed by atoms with Crippen LogP contribution in [0.25, 0.3) is 0 Å². The zero-order valence-electron chi connectivity index (χ0n) is 14.2. The van der Waals surface area contributed by atoms with Crippen LogP contribution in [-0.2, 0) is 5.41 Å². The van der Waals surface area contributed by atoms with Crippen molar-refractivity contribution in [2.75, 3.05) is 26.2 Å². The average molecular weight is 288 g/mol. The topological polar surface area (TPSA) is 15.3 Å². The second kappa shape index (κ2) is 7.42. The number of nitrogens with one attached hydrogen (secondary N) is 1. The predicted octanol–water partition coefficient (Wildman–Crippen LogP) is 3.67. The molecule has 0 amide bonds. The van der Waals surface area contributed by atoms with Gasteiger partial charge in [-0.15, -0.1) is 0 Å². The highest BCUT2D eigenvalue weighted by Gasteiger charge is 2.32. The molecule has 1 aromatic rings. The molecule has 0 bridgehead atoms. The fraction of sp³-hybridized carbons (Fsp3) is 0.684. The Morgan fingerprint density at radius 2 is 1.95 bits per heavy atom. The molecule has 0 aromatic heterocycles. The Morgan fingerprint density at radius 3 is 2.57 bits per heavy atom. The minimum atomic E-state index is 0.187. The molecule has 2 rings (SSSR count). The monoisotopic (exact) mass is 288 g/mol. The van der Waals surface area contributed by atoms with Gasteiger partial charge in [-0.05, 0) is 44.3 Å². The molecule has 2 heteroatoms. The van der Waals surface area contributed by atoms with Crippen LogP contribution in [0, 0.1) is 5.92 Å². The van der Waals surface area contributed by atoms with Crippen molar-refractivity contribution in [1.82, 2.24) is 10.2 Å². The van der Waals surface area contributed by atoms with Crippen LogP contribution in [-0.4, -0.2) is 37.1 Å². The van der Waals surface area contributed by atoms with Crippen LogP contribution in [0.3, 0.4) is 0 Å². The zero-order chi connectivity index (χ0) is 15.3. The van der Waals surface area contributed by atoms with Crippen molar-refractivity contribution in [3.63, 3.8) is 0 Å². The van der Waals surface area contributed by atoms with E-state index in [0.29, 0.717) is 6.04 Å². The van der Waals surface area contributed by atoms with Crippen molar-refractivity contribution in [2.45, 2.75) is 52.0 Å². The van der Waals surface area contributed by atoms with E-state index in [1.54, 1.807) is 0 Å². The van der Waals surface area contributed by atoms with E-state index in [9.17, 15) is 0 Å². The number of hydrogen-bond acceptors (Lipinski definition) is 2. The van der Waals surface area contributed by atoms with Crippen LogP contribution in [0.4, 0.5) is 0 Å². The van der Waals surface area contributed by atoms with E-state index in [1.165, 1.54) is 24.9 Å². The smallest absolute Gasteiger partial charge is 0.0177 e. The maximum absolute atomic E-state index is 3.57. The first kappa shape index (κ1) is 16.5. The fourth-order valence-corrected chi connectivity index (χ4v) is 3.63. The second-order valence-corrected chi connectivity index (χ2v) is 7.16. The highest BCUT2D eigenvalue weighted by molar-refractivity contribution is 5.25. The molecule has 1 N–H and O–H groups in total. The average Bonchev–Trinajstić information content (AvgIpc) is 2.49. The quantitative estimate of drug-likeness (QED) is 0.859. The summed E-state index contributed by atoms with van der Waals surface area (Å²) in [4.78, 5) is 2.70. The van der Waals surface area contributed by atoms with E-state index in [0.717, 1.165) is 25.6 Å². The van der Waals surface area contributed by atoms with E-state index in [2.05, 4.69) is 68.2 Å². The largest absolute Gasteiger partial charge is 0.316 e. The number of likely N-dealkylation sites (N-methyl/N-ethyl adjacent to an activating group) is 1. The van der Waals surface area contributed by atoms with Crippen LogP contribution < -0.4 is 5.32 Å². The van der Waals surface area contributed by atoms with Crippen LogP contribution in [0.5, 0.6) is 0 Å². The van der Waals surface area contributed by atoms with Crippen molar-refractivity contribution in [3.05, 3.63) is 35.9 Å². The molecular weight excluding hydrogens is 256 g/mol. The molecule has 1 aliphatic heterocycles. The normalized spacial score (nSPS) is 26.5. The first-order valence-corrected chi connectivity index (χ1v) is 8.55. The molecule has 0 saturated carbocycles. The van der Waals surface area contributed by atoms with Crippen molar-refractivity contribution >= 4 is 0 Å². The van der Waals surface area contributed by atoms with Gasteiger partial charge in [0.25, 0.3) is 0 Å². The molecule has 3 atom stereocenters. The maximum atomic E-state index is 3.57. The van der Waals surface area contributed by atoms with Crippen LogP contribution in [0.2, 0.25) is 0 Å². The summed E-state index contributed by atoms with van der Waals surface area (Å²) in [6.07, 6.45) is 2.68. The van der Waals surface area contributed by atoms with E-state index >= 15 is 0 Å². The van der Waals surface area contributed by atoms with Gasteiger partial charge in [0.2, 0.25) is 0 Å². The lowest BCUT2D eigenvalue weighted by atomic mass is 9.80. The summed E-state index contributed by atoms with van der Waals surface area (Å²) in [5.41, 5.74) is 1.64. The third-order valence-electron chi connectivity index (χ3n) is 5.06. The summed E-state index contributed by atoms with van der Waals surface area (Å²) < 4.78 is 0. The van der Waals surface area contributed by atoms with Gasteiger partial charge in [-0.1, -0.05) is 51.1 Å². The number of nitrogens with zero attached hydrogens (tertiary/aromatic N) is 1. The Kier molecular flexibility index (Phi) is 5.83. The Balaban J connectivity index is 2.13. The van der Waals surface area contributed by atoms with Gasteiger partial charge in [-0.3, -0.25) is 4.90 Å². The summed E-state index contributed by atoms with van der Waals surface area (Å²) >= 11 is 0. The van der Waals surface area contributed by atoms with E-state index in [1.807, 2.05) is 0 Å². The minimum Gasteiger partial charge on any atom is -0.316 e. The van der Waals surface area contributed by atoms with Crippen LogP contribution in [0.1, 0.15) is 46.1 Å². The molecule has 1 fully saturated rings. The molecule has 1 aliphatic rings. The molecular formula is C19H32N2. The lowest BCUT2D eigenvalue weighted by molar-refractivity contribution is 0.102. The summed E-state index contributed by atoms with van der Waals surface area (Å²) in [5, 5.41) is 3.57. The van der Waals surface area contributed by atoms with Gasteiger partial charge in [0.1, 0.15) is 0 Å². The highest BCUT2D eigenvalue weighted by atomic mass is 15.2. The van der Waals surface area contributed by atoms with Gasteiger partial charge >= 0.3 is 0 Å². The Bertz CT molecular complexity index is 417. The maximum Gasteiger partial charge on any atom is 0.0177 e. The number of rotatable bonds is 6. The Labute approximate surface area is 130 Å². The third-order valence-corrected chi connectivity index (χ3v) is 5.06. The third kappa shape index (κ3) is 4.31. The van der Waals surface area contributed by atoms with Gasteiger partial charge in [0.15, 0.2) is 0 Å². The summed E-state index contributed by atoms with van der Waals surface area (Å²) in [7, 11) is 0. The number of hydrogen-bond donors (Lipinski definition) is 1. The van der Waals surface area contributed by atoms with Crippen molar-refractivity contribution < 1.29 is 0 Å². The summed E-state index contributed by atoms with van der Waals surface area (Å²) in [5.74, 6) is 0.882. The molecule has 21 heavy (non-hydrogen) atoms. The fourth-order valence-electron chi connectivity index (χ4n) is 3.63. The molecule has 1 saturated heterocycles. The van der Waals surface area contributed by atoms with Gasteiger partial charge < -0.3 is 5.32 Å². The molecule has 0 aliphatic carbocycles. The number of piperidine rings is 1. The SMILES string of the molecule is CCNCC(C)(CN1CCC(C)CC1C)c1ccccc1. The van der Waals surface area contributed by atoms with E-state index in [4.69, 9.17) is 0 Å². The summed E-state index contributed by atoms with van der Waals surface area (Å²) in [6.45, 7) is 13.9. The predicted molar refractivity (Wildman–Crippen MR) is 91.8 cm³/mol. The second-order valence-electron chi connectivity index (χ2n) is 7.16. The molecule has 0 spiro atoms. The van der Waals surface area contributed by atoms with Crippen LogP contribution >= 0.6 is 0 Å². The van der Waals surface area contributed by atoms with Gasteiger partial charge in [-0.2, -0.15) is 0 Å². The van der Waals surface area contributed by atoms with E-state index in [-0.39, 0.29) is 5.41 Å². The first-order chi connectivity index (χ1) is 10.0. The van der Waals surface area contributed by atoms with Gasteiger partial charge in [-0.25, -0.2) is 0 Å². The van der Waals surface area contributed by atoms with Crippen molar-refractivity contribution in [3.8, 4) is 0 Å². The first-order valence-electron chi connectivity index (χ1n) is 8.55. The summed E-state index contributed by atoms with van der Waals surface area (Å²) in [6, 6.07) is 11.7. The minimum absolute atomic E-state index is 0.187. The zero-order valence-corrected chi connectivity index (χ0v) is 14.2. The van der Waals surface area contributed by atoms with E-state index < -0.39 is 0 Å². The standard InChI is InChI=1S/C19H32N2/c1-5-20-14-19(4,18-9-7-6-8-10-18)15-21-12-11-16(2)13-17(21)3/h6-10,16-17,20H,5,11-15H2,1-4H3. The molecule has 0 radical (unpaired) electrons. The van der Waals surface area contributed by atoms with Crippen molar-refractivity contribution in [1.29, 1.82) is 0 Å². The number of benzene rings is 1. The molecule has 118 valence electrons. The van der Waals surface area contributed by atoms with Crippen molar-refractivity contribution in [2.24, 2.45) is 5.92 Å². The lowest BCUT2D eigenvalue weighted by Gasteiger charge is -2.43. The van der Waals surface area contributed by atoms with Gasteiger partial charge in [0, 0.05) is 24.5 Å². The van der Waals surface area contributed by atoms with Crippen LogP contribution in [0.15, 0.2) is 30.3 Å². The Hall–Kier alpha value is -0.860. The molecule has 1 aromatic carbocycles. The highest BCUT2D eigenvalue weighted by Crippen LogP contribution is 2.29. The Morgan fingerprint density at radius 1 is 1.24 bits per heavy atom. The lowest BCUT2D eigenvalue weighted by Crippen LogP contribution is -2.50.